The third-order valence-electron chi connectivity index (χ3n) is 4.56. The van der Waals surface area contributed by atoms with Gasteiger partial charge in [-0.1, -0.05) is 13.8 Å². The van der Waals surface area contributed by atoms with Crippen LogP contribution in [0.15, 0.2) is 22.5 Å². The first-order valence-electron chi connectivity index (χ1n) is 6.39. The van der Waals surface area contributed by atoms with Crippen LogP contribution in [0.1, 0.15) is 27.2 Å². The standard InChI is InChI=1S/C15H14N6/c1-13(2)7-14(3)10(6-18)11(20)15(13,8-19)12(21-14)9(4-16)5-17/h21H,7,20H2,1-3H3/t14-,15-/m1/s1. The number of fused-ring (bicyclic) bond motifs is 2. The maximum atomic E-state index is 9.81. The molecule has 6 heteroatoms. The number of nitrogens with one attached hydrogen (secondary N) is 1. The molecule has 2 atom stereocenters. The predicted molar refractivity (Wildman–Crippen MR) is 73.1 cm³/mol. The molecule has 2 bridgehead atoms. The van der Waals surface area contributed by atoms with E-state index < -0.39 is 16.4 Å². The molecule has 2 heterocycles. The molecule has 3 rings (SSSR count). The maximum Gasteiger partial charge on any atom is 0.150 e. The Hall–Kier alpha value is -2.96. The first kappa shape index (κ1) is 14.4. The Morgan fingerprint density at radius 2 is 1.71 bits per heavy atom. The van der Waals surface area contributed by atoms with E-state index in [1.54, 1.807) is 6.92 Å². The van der Waals surface area contributed by atoms with Gasteiger partial charge in [0.1, 0.15) is 17.6 Å². The minimum Gasteiger partial charge on any atom is -0.400 e. The van der Waals surface area contributed by atoms with E-state index in [1.165, 1.54) is 0 Å². The third kappa shape index (κ3) is 1.42. The molecule has 6 nitrogen and oxygen atoms in total. The van der Waals surface area contributed by atoms with Gasteiger partial charge in [-0.3, -0.25) is 0 Å². The topological polar surface area (TPSA) is 133 Å². The van der Waals surface area contributed by atoms with Gasteiger partial charge >= 0.3 is 0 Å². The summed E-state index contributed by atoms with van der Waals surface area (Å²) in [5.41, 5.74) is 3.89. The largest absolute Gasteiger partial charge is 0.400 e. The van der Waals surface area contributed by atoms with E-state index in [0.29, 0.717) is 12.0 Å². The Labute approximate surface area is 123 Å². The van der Waals surface area contributed by atoms with Crippen LogP contribution < -0.4 is 11.1 Å². The Bertz CT molecular complexity index is 742. The van der Waals surface area contributed by atoms with E-state index in [1.807, 2.05) is 26.0 Å². The highest BCUT2D eigenvalue weighted by Crippen LogP contribution is 2.61. The fourth-order valence-electron chi connectivity index (χ4n) is 3.74. The lowest BCUT2D eigenvalue weighted by Gasteiger charge is -2.59. The fraction of sp³-hybridized carbons (Fsp3) is 0.467. The Morgan fingerprint density at radius 3 is 2.14 bits per heavy atom. The summed E-state index contributed by atoms with van der Waals surface area (Å²) >= 11 is 0. The summed E-state index contributed by atoms with van der Waals surface area (Å²) in [5, 5.41) is 40.6. The van der Waals surface area contributed by atoms with Gasteiger partial charge in [-0.15, -0.1) is 0 Å². The average Bonchev–Trinajstić information content (AvgIpc) is 2.38. The molecule has 2 aliphatic heterocycles. The molecule has 0 aromatic carbocycles. The molecule has 1 fully saturated rings. The highest BCUT2D eigenvalue weighted by atomic mass is 15.1. The molecule has 0 saturated carbocycles. The number of hydrogen-bond donors (Lipinski definition) is 2. The summed E-state index contributed by atoms with van der Waals surface area (Å²) < 4.78 is 0. The molecule has 1 saturated heterocycles. The van der Waals surface area contributed by atoms with E-state index in [-0.39, 0.29) is 17.0 Å². The lowest BCUT2D eigenvalue weighted by molar-refractivity contribution is 0.0758. The van der Waals surface area contributed by atoms with Crippen molar-refractivity contribution in [1.82, 2.24) is 5.32 Å². The molecule has 3 N–H and O–H groups in total. The second kappa shape index (κ2) is 4.02. The zero-order valence-corrected chi connectivity index (χ0v) is 12.1. The van der Waals surface area contributed by atoms with Gasteiger partial charge in [-0.25, -0.2) is 0 Å². The van der Waals surface area contributed by atoms with E-state index >= 15 is 0 Å². The van der Waals surface area contributed by atoms with Gasteiger partial charge in [0.15, 0.2) is 5.57 Å². The van der Waals surface area contributed by atoms with E-state index in [4.69, 9.17) is 5.73 Å². The Balaban J connectivity index is 3.01. The van der Waals surface area contributed by atoms with Crippen LogP contribution in [0.2, 0.25) is 0 Å². The molecule has 104 valence electrons. The fourth-order valence-corrected chi connectivity index (χ4v) is 3.74. The van der Waals surface area contributed by atoms with Gasteiger partial charge in [0, 0.05) is 0 Å². The molecular formula is C15H14N6. The van der Waals surface area contributed by atoms with Gasteiger partial charge in [0.25, 0.3) is 0 Å². The van der Waals surface area contributed by atoms with Crippen molar-refractivity contribution in [2.45, 2.75) is 32.7 Å². The molecule has 1 aliphatic carbocycles. The number of allylic oxidation sites excluding steroid dienone is 1. The normalized spacial score (nSPS) is 32.2. The second-order valence-corrected chi connectivity index (χ2v) is 6.25. The van der Waals surface area contributed by atoms with Gasteiger partial charge in [0.2, 0.25) is 0 Å². The predicted octanol–water partition coefficient (Wildman–Crippen LogP) is 1.33. The van der Waals surface area contributed by atoms with Crippen LogP contribution in [0.4, 0.5) is 0 Å². The lowest BCUT2D eigenvalue weighted by Crippen LogP contribution is -2.66. The number of piperidine rings is 1. The molecular weight excluding hydrogens is 264 g/mol. The molecule has 0 aromatic rings. The highest BCUT2D eigenvalue weighted by Gasteiger charge is 2.65. The average molecular weight is 278 g/mol. The molecule has 0 radical (unpaired) electrons. The molecule has 3 aliphatic rings. The smallest absolute Gasteiger partial charge is 0.150 e. The van der Waals surface area contributed by atoms with E-state index in [2.05, 4.69) is 17.5 Å². The highest BCUT2D eigenvalue weighted by molar-refractivity contribution is 5.60. The van der Waals surface area contributed by atoms with Crippen molar-refractivity contribution in [2.75, 3.05) is 0 Å². The van der Waals surface area contributed by atoms with Crippen molar-refractivity contribution in [3.8, 4) is 24.3 Å². The number of nitrogens with two attached hydrogens (primary N) is 1. The first-order chi connectivity index (χ1) is 9.74. The van der Waals surface area contributed by atoms with Crippen molar-refractivity contribution in [2.24, 2.45) is 16.6 Å². The van der Waals surface area contributed by atoms with Gasteiger partial charge < -0.3 is 11.1 Å². The number of rotatable bonds is 0. The van der Waals surface area contributed by atoms with Crippen molar-refractivity contribution in [3.63, 3.8) is 0 Å². The molecule has 0 aromatic heterocycles. The monoisotopic (exact) mass is 278 g/mol. The molecule has 0 spiro atoms. The SMILES string of the molecule is CC1(C)C[C@@]2(C)NC(=C(C#N)C#N)[C@@]1(C#N)C(N)=C2C#N. The van der Waals surface area contributed by atoms with Crippen molar-refractivity contribution in [1.29, 1.82) is 21.0 Å². The molecule has 21 heavy (non-hydrogen) atoms. The summed E-state index contributed by atoms with van der Waals surface area (Å²) in [7, 11) is 0. The zero-order valence-electron chi connectivity index (χ0n) is 12.1. The minimum atomic E-state index is -1.36. The number of nitrogens with zero attached hydrogens (tertiary/aromatic N) is 4. The van der Waals surface area contributed by atoms with Crippen LogP contribution in [0.3, 0.4) is 0 Å². The quantitative estimate of drug-likeness (QED) is 0.642. The number of hydrogen-bond acceptors (Lipinski definition) is 6. The minimum absolute atomic E-state index is 0.142. The van der Waals surface area contributed by atoms with E-state index in [9.17, 15) is 21.0 Å². The van der Waals surface area contributed by atoms with Gasteiger partial charge in [-0.05, 0) is 18.8 Å². The third-order valence-corrected chi connectivity index (χ3v) is 4.56. The van der Waals surface area contributed by atoms with Gasteiger partial charge in [-0.2, -0.15) is 21.0 Å². The zero-order chi connectivity index (χ0) is 16.1. The molecule has 0 unspecified atom stereocenters. The van der Waals surface area contributed by atoms with Crippen molar-refractivity contribution >= 4 is 0 Å². The lowest BCUT2D eigenvalue weighted by atomic mass is 9.49. The summed E-state index contributed by atoms with van der Waals surface area (Å²) in [5.74, 6) is 0. The summed E-state index contributed by atoms with van der Waals surface area (Å²) in [6.45, 7) is 5.53. The maximum absolute atomic E-state index is 9.81. The van der Waals surface area contributed by atoms with Crippen molar-refractivity contribution < 1.29 is 0 Å². The van der Waals surface area contributed by atoms with Crippen LogP contribution in [0.25, 0.3) is 0 Å². The summed E-state index contributed by atoms with van der Waals surface area (Å²) in [4.78, 5) is 0. The Kier molecular flexibility index (Phi) is 2.76. The van der Waals surface area contributed by atoms with Crippen LogP contribution in [0, 0.1) is 56.2 Å². The number of nitriles is 4. The van der Waals surface area contributed by atoms with Crippen LogP contribution >= 0.6 is 0 Å². The molecule has 0 amide bonds. The first-order valence-corrected chi connectivity index (χ1v) is 6.39. The van der Waals surface area contributed by atoms with Crippen molar-refractivity contribution in [3.05, 3.63) is 22.5 Å². The van der Waals surface area contributed by atoms with Gasteiger partial charge in [0.05, 0.1) is 34.6 Å². The van der Waals surface area contributed by atoms with Crippen LogP contribution in [0.5, 0.6) is 0 Å². The summed E-state index contributed by atoms with van der Waals surface area (Å²) in [6.07, 6.45) is 0.505. The van der Waals surface area contributed by atoms with Crippen LogP contribution in [-0.4, -0.2) is 5.54 Å². The van der Waals surface area contributed by atoms with Crippen LogP contribution in [-0.2, 0) is 0 Å². The van der Waals surface area contributed by atoms with E-state index in [0.717, 1.165) is 0 Å². The second-order valence-electron chi connectivity index (χ2n) is 6.25. The Morgan fingerprint density at radius 1 is 1.14 bits per heavy atom. The summed E-state index contributed by atoms with van der Waals surface area (Å²) in [6, 6.07) is 7.88.